The molecule has 2 amide bonds. The summed E-state index contributed by atoms with van der Waals surface area (Å²) >= 11 is 0. The van der Waals surface area contributed by atoms with Crippen LogP contribution in [-0.2, 0) is 30.3 Å². The van der Waals surface area contributed by atoms with E-state index in [-0.39, 0.29) is 31.6 Å². The first-order chi connectivity index (χ1) is 19.8. The molecule has 1 N–H and O–H groups in total. The third-order valence-electron chi connectivity index (χ3n) is 8.74. The van der Waals surface area contributed by atoms with Gasteiger partial charge >= 0.3 is 5.97 Å². The molecule has 5 rings (SSSR count). The molecule has 8 heteroatoms. The topological polar surface area (TPSA) is 96.4 Å². The highest BCUT2D eigenvalue weighted by Gasteiger charge is 2.75. The van der Waals surface area contributed by atoms with E-state index in [9.17, 15) is 19.5 Å². The van der Waals surface area contributed by atoms with Gasteiger partial charge in [0, 0.05) is 12.2 Å². The number of aryl methyl sites for hydroxylation is 2. The number of benzene rings is 2. The molecule has 3 aliphatic rings. The summed E-state index contributed by atoms with van der Waals surface area (Å²) in [5, 5.41) is 10.6. The van der Waals surface area contributed by atoms with Crippen LogP contribution in [0.3, 0.4) is 0 Å². The van der Waals surface area contributed by atoms with Crippen molar-refractivity contribution >= 4 is 23.5 Å². The van der Waals surface area contributed by atoms with Gasteiger partial charge in [-0.05, 0) is 55.9 Å². The maximum atomic E-state index is 14.8. The molecule has 2 aromatic carbocycles. The zero-order chi connectivity index (χ0) is 29.3. The third kappa shape index (κ3) is 4.89. The lowest BCUT2D eigenvalue weighted by molar-refractivity contribution is -0.154. The Morgan fingerprint density at radius 3 is 2.63 bits per heavy atom. The van der Waals surface area contributed by atoms with Gasteiger partial charge < -0.3 is 24.4 Å². The fraction of sp³-hybridized carbons (Fsp3) is 0.424. The first kappa shape index (κ1) is 28.8. The summed E-state index contributed by atoms with van der Waals surface area (Å²) in [5.41, 5.74) is 2.33. The van der Waals surface area contributed by atoms with Crippen LogP contribution in [0.15, 0.2) is 73.8 Å². The van der Waals surface area contributed by atoms with Crippen LogP contribution >= 0.6 is 0 Å². The predicted octanol–water partition coefficient (Wildman–Crippen LogP) is 3.53. The molecule has 6 atom stereocenters. The number of likely N-dealkylation sites (tertiary alicyclic amines) is 1. The largest absolute Gasteiger partial charge is 0.461 e. The number of anilines is 1. The maximum Gasteiger partial charge on any atom is 0.312 e. The minimum absolute atomic E-state index is 0.0229. The van der Waals surface area contributed by atoms with Crippen molar-refractivity contribution in [3.63, 3.8) is 0 Å². The number of amides is 2. The summed E-state index contributed by atoms with van der Waals surface area (Å²) in [7, 11) is 0. The Hall–Kier alpha value is -3.75. The summed E-state index contributed by atoms with van der Waals surface area (Å²) in [6.07, 6.45) is 3.94. The predicted molar refractivity (Wildman–Crippen MR) is 155 cm³/mol. The van der Waals surface area contributed by atoms with Gasteiger partial charge in [-0.3, -0.25) is 14.4 Å². The standard InChI is InChI=1S/C33H38N2O6/c1-5-16-34(25-18-21(3)12-13-22(25)4)31(38)29-33-15-14-26(41-33)27(32(39)40-17-6-2)28(33)30(37)35(29)24(20-36)19-23-10-8-7-9-11-23/h5-13,18,24,26-29,36H,1-2,14-17,19-20H2,3-4H3/t24-,26-,27+,28+,29?,33?/m1/s1. The Morgan fingerprint density at radius 1 is 1.20 bits per heavy atom. The van der Waals surface area contributed by atoms with Crippen molar-refractivity contribution in [3.8, 4) is 0 Å². The van der Waals surface area contributed by atoms with Crippen molar-refractivity contribution in [2.45, 2.75) is 56.9 Å². The zero-order valence-corrected chi connectivity index (χ0v) is 23.7. The summed E-state index contributed by atoms with van der Waals surface area (Å²) in [6.45, 7) is 11.3. The molecular formula is C33H38N2O6. The van der Waals surface area contributed by atoms with Gasteiger partial charge in [-0.25, -0.2) is 0 Å². The van der Waals surface area contributed by atoms with E-state index in [0.29, 0.717) is 19.3 Å². The molecule has 8 nitrogen and oxygen atoms in total. The molecule has 2 unspecified atom stereocenters. The summed E-state index contributed by atoms with van der Waals surface area (Å²) in [5.74, 6) is -2.92. The van der Waals surface area contributed by atoms with E-state index in [2.05, 4.69) is 13.2 Å². The zero-order valence-electron chi connectivity index (χ0n) is 23.7. The van der Waals surface area contributed by atoms with Crippen molar-refractivity contribution in [3.05, 3.63) is 90.5 Å². The monoisotopic (exact) mass is 558 g/mol. The van der Waals surface area contributed by atoms with E-state index in [1.807, 2.05) is 62.4 Å². The minimum atomic E-state index is -1.21. The average molecular weight is 559 g/mol. The van der Waals surface area contributed by atoms with Crippen molar-refractivity contribution < 1.29 is 29.0 Å². The van der Waals surface area contributed by atoms with Gasteiger partial charge in [0.1, 0.15) is 18.2 Å². The second-order valence-electron chi connectivity index (χ2n) is 11.3. The van der Waals surface area contributed by atoms with Crippen molar-refractivity contribution in [2.75, 3.05) is 24.7 Å². The van der Waals surface area contributed by atoms with E-state index in [4.69, 9.17) is 9.47 Å². The molecule has 0 radical (unpaired) electrons. The van der Waals surface area contributed by atoms with Gasteiger partial charge in [-0.15, -0.1) is 6.58 Å². The number of aliphatic hydroxyl groups is 1. The van der Waals surface area contributed by atoms with Crippen molar-refractivity contribution in [1.82, 2.24) is 4.90 Å². The van der Waals surface area contributed by atoms with Gasteiger partial charge in [0.15, 0.2) is 0 Å². The molecule has 3 saturated heterocycles. The van der Waals surface area contributed by atoms with Crippen molar-refractivity contribution in [1.29, 1.82) is 0 Å². The molecule has 0 aliphatic carbocycles. The Bertz CT molecular complexity index is 1340. The van der Waals surface area contributed by atoms with Crippen LogP contribution in [-0.4, -0.2) is 71.3 Å². The number of carbonyl (C=O) groups excluding carboxylic acids is 3. The van der Waals surface area contributed by atoms with Crippen LogP contribution < -0.4 is 4.90 Å². The van der Waals surface area contributed by atoms with Crippen LogP contribution in [0.1, 0.15) is 29.5 Å². The number of rotatable bonds is 11. The van der Waals surface area contributed by atoms with Crippen LogP contribution in [0.25, 0.3) is 0 Å². The van der Waals surface area contributed by atoms with E-state index in [0.717, 1.165) is 22.4 Å². The Labute approximate surface area is 241 Å². The van der Waals surface area contributed by atoms with Gasteiger partial charge in [-0.2, -0.15) is 0 Å². The number of hydrogen-bond acceptors (Lipinski definition) is 6. The van der Waals surface area contributed by atoms with E-state index in [1.165, 1.54) is 11.0 Å². The fourth-order valence-electron chi connectivity index (χ4n) is 7.00. The summed E-state index contributed by atoms with van der Waals surface area (Å²) < 4.78 is 12.0. The van der Waals surface area contributed by atoms with Gasteiger partial charge in [0.05, 0.1) is 30.6 Å². The second-order valence-corrected chi connectivity index (χ2v) is 11.3. The number of esters is 1. The van der Waals surface area contributed by atoms with Crippen LogP contribution in [0, 0.1) is 25.7 Å². The number of carbonyl (C=O) groups is 3. The molecule has 2 aromatic rings. The molecule has 41 heavy (non-hydrogen) atoms. The highest BCUT2D eigenvalue weighted by molar-refractivity contribution is 6.05. The maximum absolute atomic E-state index is 14.8. The second kappa shape index (κ2) is 11.6. The molecule has 216 valence electrons. The Kier molecular flexibility index (Phi) is 8.16. The molecule has 3 heterocycles. The fourth-order valence-corrected chi connectivity index (χ4v) is 7.00. The number of nitrogens with zero attached hydrogens (tertiary/aromatic N) is 2. The Morgan fingerprint density at radius 2 is 1.95 bits per heavy atom. The van der Waals surface area contributed by atoms with Crippen LogP contribution in [0.4, 0.5) is 5.69 Å². The molecule has 2 bridgehead atoms. The summed E-state index contributed by atoms with van der Waals surface area (Å²) in [4.78, 5) is 45.6. The van der Waals surface area contributed by atoms with Crippen LogP contribution in [0.2, 0.25) is 0 Å². The average Bonchev–Trinajstić information content (AvgIpc) is 3.62. The quantitative estimate of drug-likeness (QED) is 0.335. The highest BCUT2D eigenvalue weighted by atomic mass is 16.6. The first-order valence-electron chi connectivity index (χ1n) is 14.2. The molecule has 0 aromatic heterocycles. The molecule has 0 saturated carbocycles. The van der Waals surface area contributed by atoms with E-state index < -0.39 is 41.6 Å². The van der Waals surface area contributed by atoms with Gasteiger partial charge in [0.25, 0.3) is 5.91 Å². The lowest BCUT2D eigenvalue weighted by Gasteiger charge is -2.39. The number of aliphatic hydroxyl groups excluding tert-OH is 1. The SMILES string of the molecule is C=CCOC(=O)[C@@H]1[C@H]2C(=O)N([C@@H](CO)Cc3ccccc3)C(C(=O)N(CC=C)c3cc(C)ccc3C)C23CC[C@H]1O3. The number of ether oxygens (including phenoxy) is 2. The van der Waals surface area contributed by atoms with Crippen molar-refractivity contribution in [2.24, 2.45) is 11.8 Å². The number of hydrogen-bond donors (Lipinski definition) is 1. The molecule has 3 aliphatic heterocycles. The first-order valence-corrected chi connectivity index (χ1v) is 14.2. The van der Waals surface area contributed by atoms with Crippen LogP contribution in [0.5, 0.6) is 0 Å². The smallest absolute Gasteiger partial charge is 0.312 e. The summed E-state index contributed by atoms with van der Waals surface area (Å²) in [6, 6.07) is 13.7. The van der Waals surface area contributed by atoms with Gasteiger partial charge in [0.2, 0.25) is 5.91 Å². The number of fused-ring (bicyclic) bond motifs is 1. The lowest BCUT2D eigenvalue weighted by atomic mass is 9.70. The third-order valence-corrected chi connectivity index (χ3v) is 8.74. The highest BCUT2D eigenvalue weighted by Crippen LogP contribution is 2.59. The molecular weight excluding hydrogens is 520 g/mol. The van der Waals surface area contributed by atoms with E-state index in [1.54, 1.807) is 11.0 Å². The molecule has 1 spiro atoms. The van der Waals surface area contributed by atoms with E-state index >= 15 is 0 Å². The Balaban J connectivity index is 1.61. The van der Waals surface area contributed by atoms with Gasteiger partial charge in [-0.1, -0.05) is 61.2 Å². The normalized spacial score (nSPS) is 26.9. The minimum Gasteiger partial charge on any atom is -0.461 e. The molecule has 3 fully saturated rings. The lowest BCUT2D eigenvalue weighted by Crippen LogP contribution is -2.59.